The van der Waals surface area contributed by atoms with Gasteiger partial charge >= 0.3 is 11.9 Å². The quantitative estimate of drug-likeness (QED) is 0.497. The first kappa shape index (κ1) is 17.5. The second-order valence-corrected chi connectivity index (χ2v) is 4.76. The maximum absolute atomic E-state index is 9.55. The standard InChI is InChI=1S/C12H16N2.C4H4O4/c1-14-12-6-3-9-2-5-11(13)8-10(9)4-7-12;5-3(6)1-2-4(7)8/h2,4-5,7-8,12,14H,3,6,13H2,1H3;1-2H,(H,5,6)(H,7,8)/b;2-1+. The van der Waals surface area contributed by atoms with E-state index in [2.05, 4.69) is 23.5 Å². The average Bonchev–Trinajstić information content (AvgIpc) is 2.67. The van der Waals surface area contributed by atoms with Gasteiger partial charge in [-0.25, -0.2) is 9.59 Å². The van der Waals surface area contributed by atoms with Crippen molar-refractivity contribution in [3.05, 3.63) is 47.6 Å². The van der Waals surface area contributed by atoms with E-state index in [4.69, 9.17) is 15.9 Å². The van der Waals surface area contributed by atoms with Crippen LogP contribution in [0.3, 0.4) is 0 Å². The summed E-state index contributed by atoms with van der Waals surface area (Å²) in [6.07, 6.45) is 7.77. The van der Waals surface area contributed by atoms with Crippen LogP contribution in [0.5, 0.6) is 0 Å². The molecule has 1 aromatic carbocycles. The predicted octanol–water partition coefficient (Wildman–Crippen LogP) is 1.53. The number of benzene rings is 1. The normalized spacial score (nSPS) is 16.3. The van der Waals surface area contributed by atoms with Crippen LogP contribution >= 0.6 is 0 Å². The fourth-order valence-electron chi connectivity index (χ4n) is 2.01. The molecular weight excluding hydrogens is 284 g/mol. The van der Waals surface area contributed by atoms with Gasteiger partial charge in [0, 0.05) is 23.9 Å². The summed E-state index contributed by atoms with van der Waals surface area (Å²) < 4.78 is 0. The summed E-state index contributed by atoms with van der Waals surface area (Å²) in [7, 11) is 2.00. The molecule has 6 nitrogen and oxygen atoms in total. The summed E-state index contributed by atoms with van der Waals surface area (Å²) in [5.74, 6) is -2.51. The molecule has 0 radical (unpaired) electrons. The number of aliphatic carboxylic acids is 2. The molecule has 1 aliphatic rings. The molecule has 0 saturated heterocycles. The lowest BCUT2D eigenvalue weighted by atomic mass is 10.0. The van der Waals surface area contributed by atoms with Crippen LogP contribution in [-0.2, 0) is 16.0 Å². The summed E-state index contributed by atoms with van der Waals surface area (Å²) >= 11 is 0. The SMILES string of the molecule is CNC1C=Cc2cc(N)ccc2CC1.O=C(O)/C=C/C(=O)O. The Bertz CT molecular complexity index is 578. The molecule has 0 spiro atoms. The predicted molar refractivity (Wildman–Crippen MR) is 85.5 cm³/mol. The molecular formula is C16H20N2O4. The van der Waals surface area contributed by atoms with Crippen molar-refractivity contribution in [1.29, 1.82) is 0 Å². The maximum atomic E-state index is 9.55. The molecule has 0 aromatic heterocycles. The van der Waals surface area contributed by atoms with Gasteiger partial charge < -0.3 is 21.3 Å². The fraction of sp³-hybridized carbons (Fsp3) is 0.250. The molecule has 1 aromatic rings. The zero-order valence-corrected chi connectivity index (χ0v) is 12.3. The van der Waals surface area contributed by atoms with Gasteiger partial charge in [-0.1, -0.05) is 18.2 Å². The topological polar surface area (TPSA) is 113 Å². The van der Waals surface area contributed by atoms with E-state index in [1.807, 2.05) is 19.2 Å². The Balaban J connectivity index is 0.000000261. The second-order valence-electron chi connectivity index (χ2n) is 4.76. The van der Waals surface area contributed by atoms with Crippen LogP contribution in [0.2, 0.25) is 0 Å². The van der Waals surface area contributed by atoms with Crippen molar-refractivity contribution < 1.29 is 19.8 Å². The lowest BCUT2D eigenvalue weighted by molar-refractivity contribution is -0.134. The third kappa shape index (κ3) is 6.23. The van der Waals surface area contributed by atoms with Crippen LogP contribution in [0.15, 0.2) is 36.4 Å². The summed E-state index contributed by atoms with van der Waals surface area (Å²) in [5, 5.41) is 18.9. The van der Waals surface area contributed by atoms with E-state index in [1.165, 1.54) is 11.1 Å². The molecule has 0 fully saturated rings. The monoisotopic (exact) mass is 304 g/mol. The summed E-state index contributed by atoms with van der Waals surface area (Å²) in [5.41, 5.74) is 9.26. The summed E-state index contributed by atoms with van der Waals surface area (Å²) in [6, 6.07) is 6.65. The number of anilines is 1. The van der Waals surface area contributed by atoms with Crippen molar-refractivity contribution in [3.63, 3.8) is 0 Å². The molecule has 2 rings (SSSR count). The van der Waals surface area contributed by atoms with E-state index < -0.39 is 11.9 Å². The lowest BCUT2D eigenvalue weighted by Crippen LogP contribution is -2.22. The molecule has 0 bridgehead atoms. The number of likely N-dealkylation sites (N-methyl/N-ethyl adjacent to an activating group) is 1. The first-order valence-electron chi connectivity index (χ1n) is 6.80. The number of aryl methyl sites for hydroxylation is 1. The minimum absolute atomic E-state index is 0.489. The Morgan fingerprint density at radius 3 is 2.45 bits per heavy atom. The van der Waals surface area contributed by atoms with Gasteiger partial charge in [0.25, 0.3) is 0 Å². The molecule has 0 heterocycles. The van der Waals surface area contributed by atoms with Crippen LogP contribution in [0.1, 0.15) is 17.5 Å². The van der Waals surface area contributed by atoms with E-state index in [0.717, 1.165) is 18.5 Å². The van der Waals surface area contributed by atoms with Crippen molar-refractivity contribution in [2.75, 3.05) is 12.8 Å². The van der Waals surface area contributed by atoms with Gasteiger partial charge in [-0.3, -0.25) is 0 Å². The molecule has 0 saturated carbocycles. The van der Waals surface area contributed by atoms with Crippen LogP contribution in [0.25, 0.3) is 6.08 Å². The number of fused-ring (bicyclic) bond motifs is 1. The highest BCUT2D eigenvalue weighted by Crippen LogP contribution is 2.21. The van der Waals surface area contributed by atoms with E-state index in [9.17, 15) is 9.59 Å². The first-order chi connectivity index (χ1) is 10.4. The number of carboxylic acids is 2. The molecule has 0 amide bonds. The largest absolute Gasteiger partial charge is 0.478 e. The lowest BCUT2D eigenvalue weighted by Gasteiger charge is -2.08. The molecule has 6 heteroatoms. The first-order valence-corrected chi connectivity index (χ1v) is 6.80. The highest BCUT2D eigenvalue weighted by atomic mass is 16.4. The number of hydrogen-bond acceptors (Lipinski definition) is 4. The van der Waals surface area contributed by atoms with E-state index in [-0.39, 0.29) is 0 Å². The Hall–Kier alpha value is -2.60. The Kier molecular flexibility index (Phi) is 6.85. The van der Waals surface area contributed by atoms with Crippen molar-refractivity contribution >= 4 is 23.7 Å². The molecule has 118 valence electrons. The van der Waals surface area contributed by atoms with E-state index >= 15 is 0 Å². The number of nitrogens with one attached hydrogen (secondary N) is 1. The molecule has 22 heavy (non-hydrogen) atoms. The summed E-state index contributed by atoms with van der Waals surface area (Å²) in [4.78, 5) is 19.1. The van der Waals surface area contributed by atoms with Crippen LogP contribution < -0.4 is 11.1 Å². The average molecular weight is 304 g/mol. The Morgan fingerprint density at radius 1 is 1.27 bits per heavy atom. The molecule has 0 aliphatic heterocycles. The third-order valence-corrected chi connectivity index (χ3v) is 3.14. The Morgan fingerprint density at radius 2 is 1.91 bits per heavy atom. The zero-order chi connectivity index (χ0) is 16.5. The Labute approximate surface area is 129 Å². The van der Waals surface area contributed by atoms with Gasteiger partial charge in [0.1, 0.15) is 0 Å². The minimum atomic E-state index is -1.26. The number of carboxylic acid groups (broad SMARTS) is 2. The molecule has 1 atom stereocenters. The van der Waals surface area contributed by atoms with E-state index in [1.54, 1.807) is 0 Å². The van der Waals surface area contributed by atoms with Crippen LogP contribution in [0, 0.1) is 0 Å². The van der Waals surface area contributed by atoms with Gasteiger partial charge in [-0.05, 0) is 43.1 Å². The maximum Gasteiger partial charge on any atom is 0.328 e. The number of hydrogen-bond donors (Lipinski definition) is 4. The third-order valence-electron chi connectivity index (χ3n) is 3.14. The number of carbonyl (C=O) groups is 2. The number of nitrogens with two attached hydrogens (primary N) is 1. The van der Waals surface area contributed by atoms with Crippen molar-refractivity contribution in [3.8, 4) is 0 Å². The zero-order valence-electron chi connectivity index (χ0n) is 12.3. The molecule has 5 N–H and O–H groups in total. The smallest absolute Gasteiger partial charge is 0.328 e. The minimum Gasteiger partial charge on any atom is -0.478 e. The van der Waals surface area contributed by atoms with Gasteiger partial charge in [0.05, 0.1) is 0 Å². The molecule has 1 unspecified atom stereocenters. The summed E-state index contributed by atoms with van der Waals surface area (Å²) in [6.45, 7) is 0. The number of rotatable bonds is 3. The second kappa shape index (κ2) is 8.63. The van der Waals surface area contributed by atoms with Gasteiger partial charge in [0.2, 0.25) is 0 Å². The fourth-order valence-corrected chi connectivity index (χ4v) is 2.01. The van der Waals surface area contributed by atoms with Crippen molar-refractivity contribution in [1.82, 2.24) is 5.32 Å². The van der Waals surface area contributed by atoms with Crippen LogP contribution in [0.4, 0.5) is 5.69 Å². The van der Waals surface area contributed by atoms with Crippen molar-refractivity contribution in [2.45, 2.75) is 18.9 Å². The van der Waals surface area contributed by atoms with Crippen LogP contribution in [-0.4, -0.2) is 35.2 Å². The van der Waals surface area contributed by atoms with Gasteiger partial charge in [-0.15, -0.1) is 0 Å². The highest BCUT2D eigenvalue weighted by molar-refractivity contribution is 5.89. The highest BCUT2D eigenvalue weighted by Gasteiger charge is 2.09. The molecule has 1 aliphatic carbocycles. The number of nitrogen functional groups attached to an aromatic ring is 1. The van der Waals surface area contributed by atoms with Gasteiger partial charge in [0.15, 0.2) is 0 Å². The van der Waals surface area contributed by atoms with E-state index in [0.29, 0.717) is 18.2 Å². The van der Waals surface area contributed by atoms with Gasteiger partial charge in [-0.2, -0.15) is 0 Å². The van der Waals surface area contributed by atoms with Crippen molar-refractivity contribution in [2.24, 2.45) is 0 Å².